The van der Waals surface area contributed by atoms with Gasteiger partial charge in [-0.15, -0.1) is 6.58 Å². The predicted octanol–water partition coefficient (Wildman–Crippen LogP) is 3.94. The third kappa shape index (κ3) is 3.25. The first-order valence-corrected chi connectivity index (χ1v) is 7.85. The van der Waals surface area contributed by atoms with Crippen molar-refractivity contribution in [3.05, 3.63) is 47.5 Å². The van der Waals surface area contributed by atoms with Gasteiger partial charge < -0.3 is 5.73 Å². The molecular weight excluding hydrogens is 268 g/mol. The van der Waals surface area contributed by atoms with E-state index >= 15 is 0 Å². The molecule has 0 bridgehead atoms. The smallest absolute Gasteiger partial charge is 0.0599 e. The maximum atomic E-state index is 6.80. The molecule has 0 saturated carbocycles. The first kappa shape index (κ1) is 15.6. The van der Waals surface area contributed by atoms with Gasteiger partial charge in [0.2, 0.25) is 0 Å². The van der Waals surface area contributed by atoms with E-state index in [1.165, 1.54) is 19.3 Å². The number of nitrogens with zero attached hydrogens (tertiary/aromatic N) is 1. The lowest BCUT2D eigenvalue weighted by Crippen LogP contribution is -2.55. The molecule has 20 heavy (non-hydrogen) atoms. The van der Waals surface area contributed by atoms with E-state index in [2.05, 4.69) is 18.4 Å². The third-order valence-electron chi connectivity index (χ3n) is 4.55. The van der Waals surface area contributed by atoms with Crippen LogP contribution in [0.3, 0.4) is 0 Å². The average molecular weight is 293 g/mol. The second-order valence-electron chi connectivity index (χ2n) is 5.81. The molecule has 2 unspecified atom stereocenters. The summed E-state index contributed by atoms with van der Waals surface area (Å²) in [5, 5.41) is 0.750. The van der Waals surface area contributed by atoms with Crippen LogP contribution < -0.4 is 5.73 Å². The molecule has 2 N–H and O–H groups in total. The zero-order chi connectivity index (χ0) is 14.6. The summed E-state index contributed by atoms with van der Waals surface area (Å²) < 4.78 is 0. The fraction of sp³-hybridized carbons (Fsp3) is 0.529. The van der Waals surface area contributed by atoms with Crippen LogP contribution in [0.25, 0.3) is 0 Å². The predicted molar refractivity (Wildman–Crippen MR) is 87.0 cm³/mol. The molecule has 2 rings (SSSR count). The lowest BCUT2D eigenvalue weighted by Gasteiger charge is -2.43. The van der Waals surface area contributed by atoms with Crippen molar-refractivity contribution in [1.82, 2.24) is 4.90 Å². The number of nitrogens with two attached hydrogens (primary N) is 1. The van der Waals surface area contributed by atoms with Crippen molar-refractivity contribution in [2.75, 3.05) is 13.1 Å². The van der Waals surface area contributed by atoms with Crippen molar-refractivity contribution < 1.29 is 0 Å². The molecule has 2 nitrogen and oxygen atoms in total. The number of hydrogen-bond donors (Lipinski definition) is 1. The summed E-state index contributed by atoms with van der Waals surface area (Å²) in [7, 11) is 0. The monoisotopic (exact) mass is 292 g/mol. The Morgan fingerprint density at radius 2 is 1.90 bits per heavy atom. The van der Waals surface area contributed by atoms with Gasteiger partial charge >= 0.3 is 0 Å². The number of benzene rings is 1. The highest BCUT2D eigenvalue weighted by Crippen LogP contribution is 2.32. The maximum absolute atomic E-state index is 6.80. The molecular formula is C17H25ClN2. The molecule has 0 amide bonds. The molecule has 1 aliphatic heterocycles. The Morgan fingerprint density at radius 3 is 2.45 bits per heavy atom. The van der Waals surface area contributed by atoms with Crippen LogP contribution in [0.5, 0.6) is 0 Å². The summed E-state index contributed by atoms with van der Waals surface area (Å²) in [6.07, 6.45) is 6.58. The van der Waals surface area contributed by atoms with Gasteiger partial charge in [0.25, 0.3) is 0 Å². The Balaban J connectivity index is 2.27. The molecule has 0 aliphatic carbocycles. The highest BCUT2D eigenvalue weighted by atomic mass is 35.5. The fourth-order valence-electron chi connectivity index (χ4n) is 3.16. The summed E-state index contributed by atoms with van der Waals surface area (Å²) in [4.78, 5) is 2.52. The Labute approximate surface area is 127 Å². The van der Waals surface area contributed by atoms with E-state index in [0.29, 0.717) is 6.04 Å². The number of piperidine rings is 1. The van der Waals surface area contributed by atoms with E-state index in [1.807, 2.05) is 30.3 Å². The van der Waals surface area contributed by atoms with Crippen LogP contribution in [0.1, 0.15) is 38.2 Å². The molecule has 0 spiro atoms. The quantitative estimate of drug-likeness (QED) is 0.833. The minimum atomic E-state index is -0.399. The van der Waals surface area contributed by atoms with Crippen molar-refractivity contribution in [2.24, 2.45) is 5.73 Å². The van der Waals surface area contributed by atoms with Crippen molar-refractivity contribution in [3.63, 3.8) is 0 Å². The number of likely N-dealkylation sites (tertiary alicyclic amines) is 1. The molecule has 1 heterocycles. The maximum Gasteiger partial charge on any atom is 0.0599 e. The van der Waals surface area contributed by atoms with Gasteiger partial charge in [0, 0.05) is 11.1 Å². The summed E-state index contributed by atoms with van der Waals surface area (Å²) in [6, 6.07) is 8.23. The van der Waals surface area contributed by atoms with Crippen molar-refractivity contribution >= 4 is 11.6 Å². The minimum absolute atomic E-state index is 0.293. The van der Waals surface area contributed by atoms with Crippen LogP contribution in [0.2, 0.25) is 5.02 Å². The Morgan fingerprint density at radius 1 is 1.30 bits per heavy atom. The minimum Gasteiger partial charge on any atom is -0.320 e. The van der Waals surface area contributed by atoms with Gasteiger partial charge in [-0.25, -0.2) is 0 Å². The normalized spacial score (nSPS) is 21.1. The van der Waals surface area contributed by atoms with E-state index in [0.717, 1.165) is 30.1 Å². The number of halogens is 1. The van der Waals surface area contributed by atoms with E-state index in [1.54, 1.807) is 0 Å². The largest absolute Gasteiger partial charge is 0.320 e. The van der Waals surface area contributed by atoms with Crippen molar-refractivity contribution in [3.8, 4) is 0 Å². The van der Waals surface area contributed by atoms with Gasteiger partial charge in [-0.2, -0.15) is 0 Å². The fourth-order valence-corrected chi connectivity index (χ4v) is 3.29. The summed E-state index contributed by atoms with van der Waals surface area (Å²) in [5.41, 5.74) is 7.54. The first-order chi connectivity index (χ1) is 9.58. The topological polar surface area (TPSA) is 29.3 Å². The molecule has 0 aromatic heterocycles. The molecule has 1 fully saturated rings. The molecule has 1 aromatic carbocycles. The van der Waals surface area contributed by atoms with Crippen LogP contribution >= 0.6 is 11.6 Å². The molecule has 1 saturated heterocycles. The number of rotatable bonds is 5. The van der Waals surface area contributed by atoms with Crippen LogP contribution in [0, 0.1) is 0 Å². The van der Waals surface area contributed by atoms with Crippen LogP contribution in [-0.2, 0) is 5.54 Å². The van der Waals surface area contributed by atoms with Gasteiger partial charge in [0.05, 0.1) is 5.54 Å². The summed E-state index contributed by atoms with van der Waals surface area (Å²) in [6.45, 7) is 8.42. The number of hydrogen-bond acceptors (Lipinski definition) is 2. The van der Waals surface area contributed by atoms with Crippen LogP contribution in [0.15, 0.2) is 36.9 Å². The van der Waals surface area contributed by atoms with Crippen molar-refractivity contribution in [2.45, 2.75) is 44.2 Å². The van der Waals surface area contributed by atoms with E-state index in [-0.39, 0.29) is 0 Å². The molecule has 0 radical (unpaired) electrons. The lowest BCUT2D eigenvalue weighted by atomic mass is 9.80. The van der Waals surface area contributed by atoms with E-state index < -0.39 is 5.54 Å². The third-order valence-corrected chi connectivity index (χ3v) is 4.80. The standard InChI is InChI=1S/C17H25ClN2/c1-3-11-17(19,15-7-9-16(18)10-8-15)14(2)20-12-5-4-6-13-20/h3,7-10,14H,1,4-6,11-13,19H2,2H3. The molecule has 110 valence electrons. The molecule has 1 aromatic rings. The first-order valence-electron chi connectivity index (χ1n) is 7.48. The van der Waals surface area contributed by atoms with Gasteiger partial charge in [-0.05, 0) is 57.0 Å². The van der Waals surface area contributed by atoms with Gasteiger partial charge in [0.15, 0.2) is 0 Å². The highest BCUT2D eigenvalue weighted by molar-refractivity contribution is 6.30. The second-order valence-corrected chi connectivity index (χ2v) is 6.25. The lowest BCUT2D eigenvalue weighted by molar-refractivity contribution is 0.109. The Hall–Kier alpha value is -0.830. The highest BCUT2D eigenvalue weighted by Gasteiger charge is 2.36. The van der Waals surface area contributed by atoms with Crippen LogP contribution in [0.4, 0.5) is 0 Å². The van der Waals surface area contributed by atoms with Gasteiger partial charge in [-0.3, -0.25) is 4.90 Å². The van der Waals surface area contributed by atoms with E-state index in [4.69, 9.17) is 17.3 Å². The summed E-state index contributed by atoms with van der Waals surface area (Å²) in [5.74, 6) is 0. The Kier molecular flexibility index (Phi) is 5.25. The second kappa shape index (κ2) is 6.75. The van der Waals surface area contributed by atoms with Crippen molar-refractivity contribution in [1.29, 1.82) is 0 Å². The van der Waals surface area contributed by atoms with Gasteiger partial charge in [0.1, 0.15) is 0 Å². The van der Waals surface area contributed by atoms with Crippen LogP contribution in [-0.4, -0.2) is 24.0 Å². The zero-order valence-electron chi connectivity index (χ0n) is 12.3. The van der Waals surface area contributed by atoms with Gasteiger partial charge in [-0.1, -0.05) is 36.2 Å². The molecule has 1 aliphatic rings. The van der Waals surface area contributed by atoms with E-state index in [9.17, 15) is 0 Å². The average Bonchev–Trinajstić information content (AvgIpc) is 2.48. The summed E-state index contributed by atoms with van der Waals surface area (Å²) >= 11 is 6.00. The zero-order valence-corrected chi connectivity index (χ0v) is 13.1. The molecule has 2 atom stereocenters. The molecule has 3 heteroatoms. The SMILES string of the molecule is C=CCC(N)(c1ccc(Cl)cc1)C(C)N1CCCCC1. The Bertz CT molecular complexity index is 437.